The van der Waals surface area contributed by atoms with Crippen molar-refractivity contribution in [2.75, 3.05) is 0 Å². The molecule has 7 nitrogen and oxygen atoms in total. The van der Waals surface area contributed by atoms with Crippen molar-refractivity contribution in [3.63, 3.8) is 0 Å². The first-order valence-electron chi connectivity index (χ1n) is 5.68. The topological polar surface area (TPSA) is 103 Å². The van der Waals surface area contributed by atoms with E-state index in [0.29, 0.717) is 5.56 Å². The third kappa shape index (κ3) is 2.77. The van der Waals surface area contributed by atoms with Crippen molar-refractivity contribution in [2.24, 2.45) is 0 Å². The van der Waals surface area contributed by atoms with Gasteiger partial charge in [0.25, 0.3) is 0 Å². The maximum absolute atomic E-state index is 11.0. The molecule has 1 heterocycles. The van der Waals surface area contributed by atoms with Crippen molar-refractivity contribution < 1.29 is 24.0 Å². The summed E-state index contributed by atoms with van der Waals surface area (Å²) in [5, 5.41) is 19.7. The molecule has 104 valence electrons. The van der Waals surface area contributed by atoms with Gasteiger partial charge >= 0.3 is 11.7 Å². The van der Waals surface area contributed by atoms with Crippen molar-refractivity contribution >= 4 is 11.7 Å². The highest BCUT2D eigenvalue weighted by molar-refractivity contribution is 5.84. The van der Waals surface area contributed by atoms with Crippen LogP contribution in [0.25, 0.3) is 0 Å². The Morgan fingerprint density at radius 1 is 1.40 bits per heavy atom. The quantitative estimate of drug-likeness (QED) is 0.665. The molecule has 0 aliphatic heterocycles. The average Bonchev–Trinajstić information content (AvgIpc) is 2.84. The van der Waals surface area contributed by atoms with Gasteiger partial charge in [-0.25, -0.2) is 4.79 Å². The normalized spacial score (nSPS) is 10.2. The molecule has 1 N–H and O–H groups in total. The smallest absolute Gasteiger partial charge is 0.371 e. The van der Waals surface area contributed by atoms with Crippen molar-refractivity contribution in [3.05, 3.63) is 57.5 Å². The number of furan rings is 1. The van der Waals surface area contributed by atoms with E-state index in [2.05, 4.69) is 0 Å². The minimum absolute atomic E-state index is 0.0857. The number of aryl methyl sites for hydroxylation is 1. The molecule has 2 rings (SSSR count). The molecule has 0 bridgehead atoms. The third-order valence-corrected chi connectivity index (χ3v) is 2.63. The number of carboxylic acids is 1. The Hall–Kier alpha value is -2.83. The van der Waals surface area contributed by atoms with E-state index in [1.54, 1.807) is 19.1 Å². The molecule has 20 heavy (non-hydrogen) atoms. The zero-order valence-electron chi connectivity index (χ0n) is 10.5. The molecule has 0 spiro atoms. The van der Waals surface area contributed by atoms with Gasteiger partial charge in [-0.2, -0.15) is 0 Å². The van der Waals surface area contributed by atoms with Crippen LogP contribution in [-0.4, -0.2) is 16.0 Å². The molecule has 0 amide bonds. The Morgan fingerprint density at radius 2 is 2.15 bits per heavy atom. The van der Waals surface area contributed by atoms with E-state index >= 15 is 0 Å². The predicted molar refractivity (Wildman–Crippen MR) is 67.8 cm³/mol. The molecule has 1 aromatic carbocycles. The zero-order valence-corrected chi connectivity index (χ0v) is 10.5. The van der Waals surface area contributed by atoms with Gasteiger partial charge in [0, 0.05) is 5.56 Å². The van der Waals surface area contributed by atoms with Crippen molar-refractivity contribution in [3.8, 4) is 5.75 Å². The van der Waals surface area contributed by atoms with Crippen molar-refractivity contribution in [1.29, 1.82) is 0 Å². The number of carbonyl (C=O) groups is 1. The maximum atomic E-state index is 11.0. The van der Waals surface area contributed by atoms with Crippen LogP contribution in [0.4, 0.5) is 5.69 Å². The number of hydrogen-bond donors (Lipinski definition) is 1. The minimum atomic E-state index is -1.18. The summed E-state index contributed by atoms with van der Waals surface area (Å²) < 4.78 is 10.3. The van der Waals surface area contributed by atoms with Crippen LogP contribution in [0.15, 0.2) is 34.7 Å². The fourth-order valence-corrected chi connectivity index (χ4v) is 1.70. The number of aromatic carboxylic acids is 1. The Kier molecular flexibility index (Phi) is 3.69. The number of carboxylic acid groups (broad SMARTS) is 1. The summed E-state index contributed by atoms with van der Waals surface area (Å²) in [6.45, 7) is 1.53. The largest absolute Gasteiger partial charge is 0.479 e. The Bertz CT molecular complexity index is 661. The molecule has 0 saturated carbocycles. The molecule has 2 aromatic rings. The highest BCUT2D eigenvalue weighted by Crippen LogP contribution is 2.30. The molecule has 0 aliphatic rings. The third-order valence-electron chi connectivity index (χ3n) is 2.63. The SMILES string of the molecule is Cc1cccc(OCc2ccc(C(=O)O)o2)c1[N+](=O)[O-]. The standard InChI is InChI=1S/C13H11NO6/c1-8-3-2-4-10(12(8)14(17)18)19-7-9-5-6-11(20-9)13(15)16/h2-6H,7H2,1H3,(H,15,16). The lowest BCUT2D eigenvalue weighted by molar-refractivity contribution is -0.386. The van der Waals surface area contributed by atoms with E-state index in [1.165, 1.54) is 18.2 Å². The van der Waals surface area contributed by atoms with E-state index in [1.807, 2.05) is 0 Å². The van der Waals surface area contributed by atoms with Crippen LogP contribution in [0.3, 0.4) is 0 Å². The molecule has 1 aromatic heterocycles. The number of para-hydroxylation sites is 1. The van der Waals surface area contributed by atoms with Crippen LogP contribution in [0.5, 0.6) is 5.75 Å². The number of nitrogens with zero attached hydrogens (tertiary/aromatic N) is 1. The van der Waals surface area contributed by atoms with Crippen LogP contribution in [0, 0.1) is 17.0 Å². The van der Waals surface area contributed by atoms with Crippen LogP contribution >= 0.6 is 0 Å². The predicted octanol–water partition coefficient (Wildman–Crippen LogP) is 2.77. The summed E-state index contributed by atoms with van der Waals surface area (Å²) in [6.07, 6.45) is 0. The fourth-order valence-electron chi connectivity index (χ4n) is 1.70. The molecule has 7 heteroatoms. The average molecular weight is 277 g/mol. The van der Waals surface area contributed by atoms with Gasteiger partial charge in [0.15, 0.2) is 5.75 Å². The lowest BCUT2D eigenvalue weighted by Gasteiger charge is -2.06. The fraction of sp³-hybridized carbons (Fsp3) is 0.154. The second-order valence-corrected chi connectivity index (χ2v) is 4.04. The van der Waals surface area contributed by atoms with Gasteiger partial charge in [-0.05, 0) is 25.1 Å². The van der Waals surface area contributed by atoms with Crippen LogP contribution in [0.1, 0.15) is 21.9 Å². The summed E-state index contributed by atoms with van der Waals surface area (Å²) in [5.41, 5.74) is 0.371. The minimum Gasteiger partial charge on any atom is -0.479 e. The number of rotatable bonds is 5. The van der Waals surface area contributed by atoms with Gasteiger partial charge in [0.2, 0.25) is 5.76 Å². The summed E-state index contributed by atoms with van der Waals surface area (Å²) in [5.74, 6) is -0.999. The molecular formula is C13H11NO6. The Balaban J connectivity index is 2.16. The number of benzene rings is 1. The monoisotopic (exact) mass is 277 g/mol. The van der Waals surface area contributed by atoms with E-state index in [0.717, 1.165) is 0 Å². The van der Waals surface area contributed by atoms with Gasteiger partial charge < -0.3 is 14.3 Å². The summed E-state index contributed by atoms with van der Waals surface area (Å²) in [6, 6.07) is 7.48. The van der Waals surface area contributed by atoms with E-state index in [9.17, 15) is 14.9 Å². The van der Waals surface area contributed by atoms with Crippen molar-refractivity contribution in [1.82, 2.24) is 0 Å². The maximum Gasteiger partial charge on any atom is 0.371 e. The number of ether oxygens (including phenoxy) is 1. The lowest BCUT2D eigenvalue weighted by Crippen LogP contribution is -2.00. The first-order chi connectivity index (χ1) is 9.49. The summed E-state index contributed by atoms with van der Waals surface area (Å²) in [7, 11) is 0. The summed E-state index contributed by atoms with van der Waals surface area (Å²) in [4.78, 5) is 21.1. The van der Waals surface area contributed by atoms with Gasteiger partial charge in [-0.1, -0.05) is 12.1 Å². The van der Waals surface area contributed by atoms with E-state index in [4.69, 9.17) is 14.3 Å². The van der Waals surface area contributed by atoms with E-state index < -0.39 is 10.9 Å². The van der Waals surface area contributed by atoms with Crippen LogP contribution < -0.4 is 4.74 Å². The van der Waals surface area contributed by atoms with Gasteiger partial charge in [-0.3, -0.25) is 10.1 Å². The molecule has 0 saturated heterocycles. The van der Waals surface area contributed by atoms with Gasteiger partial charge in [-0.15, -0.1) is 0 Å². The number of hydrogen-bond acceptors (Lipinski definition) is 5. The molecule has 0 aliphatic carbocycles. The Labute approximate surface area is 113 Å². The highest BCUT2D eigenvalue weighted by Gasteiger charge is 2.18. The van der Waals surface area contributed by atoms with Gasteiger partial charge in [0.1, 0.15) is 12.4 Å². The molecule has 0 atom stereocenters. The first kappa shape index (κ1) is 13.6. The highest BCUT2D eigenvalue weighted by atomic mass is 16.6. The second-order valence-electron chi connectivity index (χ2n) is 4.04. The number of nitro groups is 1. The lowest BCUT2D eigenvalue weighted by atomic mass is 10.2. The molecule has 0 unspecified atom stereocenters. The zero-order chi connectivity index (χ0) is 14.7. The van der Waals surface area contributed by atoms with Crippen molar-refractivity contribution in [2.45, 2.75) is 13.5 Å². The first-order valence-corrected chi connectivity index (χ1v) is 5.68. The second kappa shape index (κ2) is 5.43. The molecular weight excluding hydrogens is 266 g/mol. The van der Waals surface area contributed by atoms with Crippen LogP contribution in [0.2, 0.25) is 0 Å². The molecule has 0 fully saturated rings. The van der Waals surface area contributed by atoms with Crippen LogP contribution in [-0.2, 0) is 6.61 Å². The van der Waals surface area contributed by atoms with E-state index in [-0.39, 0.29) is 29.6 Å². The Morgan fingerprint density at radius 3 is 2.75 bits per heavy atom. The number of nitro benzene ring substituents is 1. The van der Waals surface area contributed by atoms with Gasteiger partial charge in [0.05, 0.1) is 4.92 Å². The molecule has 0 radical (unpaired) electrons. The summed E-state index contributed by atoms with van der Waals surface area (Å²) >= 11 is 0.